The summed E-state index contributed by atoms with van der Waals surface area (Å²) in [6.45, 7) is 11.9. The van der Waals surface area contributed by atoms with Gasteiger partial charge in [0.15, 0.2) is 0 Å². The monoisotopic (exact) mass is 462 g/mol. The average Bonchev–Trinajstić information content (AvgIpc) is 3.20. The first-order chi connectivity index (χ1) is 16.0. The van der Waals surface area contributed by atoms with Crippen LogP contribution in [-0.4, -0.2) is 47.0 Å². The number of aromatic nitrogens is 2. The summed E-state index contributed by atoms with van der Waals surface area (Å²) >= 11 is 1.89. The highest BCUT2D eigenvalue weighted by atomic mass is 32.1. The van der Waals surface area contributed by atoms with Gasteiger partial charge >= 0.3 is 0 Å². The number of hydrogen-bond acceptors (Lipinski definition) is 5. The molecule has 6 heteroatoms. The van der Waals surface area contributed by atoms with E-state index in [-0.39, 0.29) is 5.91 Å². The minimum Gasteiger partial charge on any atom is -0.352 e. The fourth-order valence-electron chi connectivity index (χ4n) is 5.08. The first kappa shape index (κ1) is 22.3. The van der Waals surface area contributed by atoms with Gasteiger partial charge in [0.25, 0.3) is 5.91 Å². The summed E-state index contributed by atoms with van der Waals surface area (Å²) in [5, 5.41) is 1.28. The van der Waals surface area contributed by atoms with Crippen LogP contribution in [0.2, 0.25) is 0 Å². The Morgan fingerprint density at radius 1 is 1.18 bits per heavy atom. The van der Waals surface area contributed by atoms with Crippen molar-refractivity contribution in [2.24, 2.45) is 5.92 Å². The number of carbonyl (C=O) groups excluding carboxylic acids is 1. The van der Waals surface area contributed by atoms with Crippen LogP contribution in [0.3, 0.4) is 0 Å². The van der Waals surface area contributed by atoms with Gasteiger partial charge in [0, 0.05) is 42.5 Å². The normalized spacial score (nSPS) is 19.6. The largest absolute Gasteiger partial charge is 0.352 e. The van der Waals surface area contributed by atoms with E-state index in [1.54, 1.807) is 0 Å². The van der Waals surface area contributed by atoms with E-state index in [0.29, 0.717) is 5.92 Å². The molecule has 1 saturated heterocycles. The number of benzene rings is 1. The molecule has 5 nitrogen and oxygen atoms in total. The van der Waals surface area contributed by atoms with Gasteiger partial charge in [0.2, 0.25) is 0 Å². The van der Waals surface area contributed by atoms with Crippen molar-refractivity contribution >= 4 is 33.3 Å². The maximum atomic E-state index is 13.1. The van der Waals surface area contributed by atoms with Crippen molar-refractivity contribution in [2.75, 3.05) is 31.1 Å². The summed E-state index contributed by atoms with van der Waals surface area (Å²) in [5.41, 5.74) is 3.34. The maximum Gasteiger partial charge on any atom is 0.254 e. The second-order valence-corrected chi connectivity index (χ2v) is 10.9. The number of nitrogens with zero attached hydrogens (tertiary/aromatic N) is 4. The molecule has 1 aliphatic heterocycles. The smallest absolute Gasteiger partial charge is 0.254 e. The third-order valence-electron chi connectivity index (χ3n) is 7.45. The molecular formula is C27H34N4OS. The number of carbonyl (C=O) groups is 1. The van der Waals surface area contributed by atoms with Gasteiger partial charge in [-0.05, 0) is 55.7 Å². The van der Waals surface area contributed by atoms with E-state index in [0.717, 1.165) is 79.0 Å². The molecular weight excluding hydrogens is 428 g/mol. The molecule has 1 fully saturated rings. The van der Waals surface area contributed by atoms with E-state index in [9.17, 15) is 4.79 Å². The van der Waals surface area contributed by atoms with Gasteiger partial charge < -0.3 is 9.80 Å². The molecule has 2 aliphatic rings. The van der Waals surface area contributed by atoms with Crippen LogP contribution >= 0.6 is 11.3 Å². The van der Waals surface area contributed by atoms with E-state index in [4.69, 9.17) is 9.97 Å². The molecule has 33 heavy (non-hydrogen) atoms. The number of fused-ring (bicyclic) bond motifs is 3. The molecule has 0 N–H and O–H groups in total. The zero-order chi connectivity index (χ0) is 23.1. The van der Waals surface area contributed by atoms with Crippen LogP contribution in [0.25, 0.3) is 10.2 Å². The summed E-state index contributed by atoms with van der Waals surface area (Å²) < 4.78 is 0. The topological polar surface area (TPSA) is 49.3 Å². The number of amides is 1. The van der Waals surface area contributed by atoms with Crippen molar-refractivity contribution in [3.63, 3.8) is 0 Å². The van der Waals surface area contributed by atoms with Gasteiger partial charge in [-0.2, -0.15) is 0 Å². The molecule has 1 amide bonds. The lowest BCUT2D eigenvalue weighted by Gasteiger charge is -2.36. The summed E-state index contributed by atoms with van der Waals surface area (Å²) in [5.74, 6) is 3.29. The summed E-state index contributed by atoms with van der Waals surface area (Å²) in [4.78, 5) is 30.4. The van der Waals surface area contributed by atoms with E-state index >= 15 is 0 Å². The SMILES string of the molecule is CCC(C)c1nc(N2CCN(C(=O)c3ccccc3C)CC2)c2c3c(sc2n1)CC(C)CC3. The molecule has 2 aromatic heterocycles. The average molecular weight is 463 g/mol. The Kier molecular flexibility index (Phi) is 6.12. The summed E-state index contributed by atoms with van der Waals surface area (Å²) in [6.07, 6.45) is 4.56. The van der Waals surface area contributed by atoms with E-state index in [1.165, 1.54) is 22.2 Å². The maximum absolute atomic E-state index is 13.1. The van der Waals surface area contributed by atoms with Gasteiger partial charge in [-0.15, -0.1) is 11.3 Å². The standard InChI is InChI=1S/C27H34N4OS/c1-5-18(3)24-28-25(23-21-11-10-17(2)16-22(21)33-26(23)29-24)30-12-14-31(15-13-30)27(32)20-9-7-6-8-19(20)4/h6-9,17-18H,5,10-16H2,1-4H3. The number of rotatable bonds is 4. The molecule has 5 rings (SSSR count). The molecule has 3 heterocycles. The minimum atomic E-state index is 0.141. The van der Waals surface area contributed by atoms with Crippen molar-refractivity contribution in [2.45, 2.75) is 59.3 Å². The fraction of sp³-hybridized carbons (Fsp3) is 0.519. The van der Waals surface area contributed by atoms with E-state index in [1.807, 2.05) is 47.4 Å². The van der Waals surface area contributed by atoms with Crippen LogP contribution in [0, 0.1) is 12.8 Å². The van der Waals surface area contributed by atoms with Crippen molar-refractivity contribution in [1.82, 2.24) is 14.9 Å². The van der Waals surface area contributed by atoms with Crippen molar-refractivity contribution in [3.05, 3.63) is 51.7 Å². The summed E-state index contributed by atoms with van der Waals surface area (Å²) in [6, 6.07) is 7.89. The first-order valence-corrected chi connectivity index (χ1v) is 13.2. The highest BCUT2D eigenvalue weighted by Gasteiger charge is 2.29. The molecule has 2 atom stereocenters. The fourth-order valence-corrected chi connectivity index (χ4v) is 6.46. The zero-order valence-electron chi connectivity index (χ0n) is 20.2. The second kappa shape index (κ2) is 9.05. The lowest BCUT2D eigenvalue weighted by Crippen LogP contribution is -2.49. The Hall–Kier alpha value is -2.47. The van der Waals surface area contributed by atoms with Gasteiger partial charge in [-0.25, -0.2) is 9.97 Å². The summed E-state index contributed by atoms with van der Waals surface area (Å²) in [7, 11) is 0. The highest BCUT2D eigenvalue weighted by molar-refractivity contribution is 7.19. The number of aryl methyl sites for hydroxylation is 2. The Morgan fingerprint density at radius 3 is 2.67 bits per heavy atom. The Balaban J connectivity index is 1.46. The number of anilines is 1. The number of hydrogen-bond donors (Lipinski definition) is 0. The lowest BCUT2D eigenvalue weighted by atomic mass is 9.89. The minimum absolute atomic E-state index is 0.141. The molecule has 0 spiro atoms. The van der Waals surface area contributed by atoms with Crippen LogP contribution in [0.1, 0.15) is 71.7 Å². The molecule has 0 saturated carbocycles. The van der Waals surface area contributed by atoms with Gasteiger partial charge in [0.1, 0.15) is 16.5 Å². The predicted molar refractivity (Wildman–Crippen MR) is 137 cm³/mol. The van der Waals surface area contributed by atoms with Crippen molar-refractivity contribution in [1.29, 1.82) is 0 Å². The number of thiophene rings is 1. The Bertz CT molecular complexity index is 1180. The third-order valence-corrected chi connectivity index (χ3v) is 8.60. The van der Waals surface area contributed by atoms with E-state index in [2.05, 4.69) is 25.7 Å². The quantitative estimate of drug-likeness (QED) is 0.506. The lowest BCUT2D eigenvalue weighted by molar-refractivity contribution is 0.0746. The van der Waals surface area contributed by atoms with Crippen LogP contribution in [0.15, 0.2) is 24.3 Å². The first-order valence-electron chi connectivity index (χ1n) is 12.4. The second-order valence-electron chi connectivity index (χ2n) is 9.84. The molecule has 1 aromatic carbocycles. The van der Waals surface area contributed by atoms with Gasteiger partial charge in [-0.3, -0.25) is 4.79 Å². The predicted octanol–water partition coefficient (Wildman–Crippen LogP) is 5.60. The van der Waals surface area contributed by atoms with Crippen LogP contribution in [0.5, 0.6) is 0 Å². The van der Waals surface area contributed by atoms with Crippen LogP contribution < -0.4 is 4.90 Å². The van der Waals surface area contributed by atoms with Crippen molar-refractivity contribution in [3.8, 4) is 0 Å². The molecule has 0 bridgehead atoms. The molecule has 2 unspecified atom stereocenters. The van der Waals surface area contributed by atoms with Crippen LogP contribution in [-0.2, 0) is 12.8 Å². The van der Waals surface area contributed by atoms with Crippen LogP contribution in [0.4, 0.5) is 5.82 Å². The zero-order valence-corrected chi connectivity index (χ0v) is 21.0. The van der Waals surface area contributed by atoms with Gasteiger partial charge in [0.05, 0.1) is 5.39 Å². The molecule has 3 aromatic rings. The Labute approximate surface area is 200 Å². The third kappa shape index (κ3) is 4.14. The van der Waals surface area contributed by atoms with Crippen molar-refractivity contribution < 1.29 is 4.79 Å². The molecule has 0 radical (unpaired) electrons. The number of piperazine rings is 1. The molecule has 174 valence electrons. The Morgan fingerprint density at radius 2 is 1.94 bits per heavy atom. The van der Waals surface area contributed by atoms with E-state index < -0.39 is 0 Å². The molecule has 1 aliphatic carbocycles. The highest BCUT2D eigenvalue weighted by Crippen LogP contribution is 2.42. The van der Waals surface area contributed by atoms with Gasteiger partial charge in [-0.1, -0.05) is 39.0 Å².